The molecule has 0 aromatic heterocycles. The Bertz CT molecular complexity index is 25.1. The van der Waals surface area contributed by atoms with Crippen LogP contribution in [0.15, 0.2) is 0 Å². The Labute approximate surface area is 48.1 Å². The molecule has 0 N–H and O–H groups in total. The van der Waals surface area contributed by atoms with Gasteiger partial charge in [0.2, 0.25) is 0 Å². The highest BCUT2D eigenvalue weighted by molar-refractivity contribution is 9.09. The van der Waals surface area contributed by atoms with E-state index in [0.717, 1.165) is 5.33 Å². The molecule has 0 bridgehead atoms. The lowest BCUT2D eigenvalue weighted by Gasteiger charge is -1.94. The standard InChI is InChI=1S/C5H10Br/c1-5(2)3-4-6/h5H,1,3-4H2,2H3. The number of rotatable bonds is 2. The van der Waals surface area contributed by atoms with Crippen LogP contribution in [0.4, 0.5) is 0 Å². The van der Waals surface area contributed by atoms with Crippen LogP contribution in [0.1, 0.15) is 13.3 Å². The van der Waals surface area contributed by atoms with Gasteiger partial charge in [0, 0.05) is 5.33 Å². The summed E-state index contributed by atoms with van der Waals surface area (Å²) in [5, 5.41) is 1.08. The third-order valence-electron chi connectivity index (χ3n) is 0.602. The molecule has 37 valence electrons. The zero-order chi connectivity index (χ0) is 4.99. The quantitative estimate of drug-likeness (QED) is 0.529. The second kappa shape index (κ2) is 3.66. The maximum atomic E-state index is 3.80. The smallest absolute Gasteiger partial charge is 0.00338 e. The van der Waals surface area contributed by atoms with E-state index in [1.165, 1.54) is 6.42 Å². The zero-order valence-electron chi connectivity index (χ0n) is 4.08. The van der Waals surface area contributed by atoms with Crippen LogP contribution in [-0.2, 0) is 0 Å². The minimum Gasteiger partial charge on any atom is -0.0928 e. The molecule has 0 nitrogen and oxygen atoms in total. The molecule has 0 saturated heterocycles. The number of hydrogen-bond acceptors (Lipinski definition) is 0. The second-order valence-corrected chi connectivity index (χ2v) is 2.38. The summed E-state index contributed by atoms with van der Waals surface area (Å²) in [5.74, 6) is 0.601. The van der Waals surface area contributed by atoms with Crippen molar-refractivity contribution >= 4 is 15.9 Å². The van der Waals surface area contributed by atoms with E-state index in [1.54, 1.807) is 0 Å². The lowest BCUT2D eigenvalue weighted by molar-refractivity contribution is 0.704. The van der Waals surface area contributed by atoms with Crippen LogP contribution < -0.4 is 0 Å². The van der Waals surface area contributed by atoms with Gasteiger partial charge in [-0.25, -0.2) is 0 Å². The van der Waals surface area contributed by atoms with Crippen LogP contribution in [0.25, 0.3) is 0 Å². The Morgan fingerprint density at radius 2 is 2.33 bits per heavy atom. The molecule has 0 spiro atoms. The van der Waals surface area contributed by atoms with E-state index in [4.69, 9.17) is 0 Å². The highest BCUT2D eigenvalue weighted by atomic mass is 79.9. The molecule has 0 aliphatic carbocycles. The molecule has 0 rings (SSSR count). The molecule has 0 saturated carbocycles. The zero-order valence-corrected chi connectivity index (χ0v) is 5.66. The van der Waals surface area contributed by atoms with Gasteiger partial charge in [0.1, 0.15) is 0 Å². The highest BCUT2D eigenvalue weighted by Gasteiger charge is 1.86. The second-order valence-electron chi connectivity index (χ2n) is 1.58. The van der Waals surface area contributed by atoms with Crippen LogP contribution >= 0.6 is 15.9 Å². The number of hydrogen-bond donors (Lipinski definition) is 0. The van der Waals surface area contributed by atoms with Crippen LogP contribution in [0, 0.1) is 12.8 Å². The van der Waals surface area contributed by atoms with Crippen molar-refractivity contribution in [2.75, 3.05) is 5.33 Å². The fourth-order valence-corrected chi connectivity index (χ4v) is 0.968. The molecule has 1 heteroatoms. The van der Waals surface area contributed by atoms with E-state index in [-0.39, 0.29) is 0 Å². The van der Waals surface area contributed by atoms with E-state index >= 15 is 0 Å². The van der Waals surface area contributed by atoms with Crippen molar-refractivity contribution in [2.24, 2.45) is 5.92 Å². The van der Waals surface area contributed by atoms with Crippen molar-refractivity contribution in [1.29, 1.82) is 0 Å². The van der Waals surface area contributed by atoms with Crippen molar-refractivity contribution in [1.82, 2.24) is 0 Å². The third-order valence-corrected chi connectivity index (χ3v) is 1.06. The largest absolute Gasteiger partial charge is 0.0928 e. The molecule has 0 amide bonds. The van der Waals surface area contributed by atoms with E-state index in [2.05, 4.69) is 29.8 Å². The number of halogens is 1. The van der Waals surface area contributed by atoms with Gasteiger partial charge in [-0.2, -0.15) is 0 Å². The van der Waals surface area contributed by atoms with Crippen molar-refractivity contribution in [3.8, 4) is 0 Å². The van der Waals surface area contributed by atoms with Gasteiger partial charge in [0.05, 0.1) is 0 Å². The fraction of sp³-hybridized carbons (Fsp3) is 0.800. The Kier molecular flexibility index (Phi) is 3.96. The summed E-state index contributed by atoms with van der Waals surface area (Å²) >= 11 is 3.31. The van der Waals surface area contributed by atoms with Gasteiger partial charge in [-0.15, -0.1) is 0 Å². The molecule has 6 heavy (non-hydrogen) atoms. The summed E-state index contributed by atoms with van der Waals surface area (Å²) in [5.41, 5.74) is 0. The topological polar surface area (TPSA) is 0 Å². The van der Waals surface area contributed by atoms with Gasteiger partial charge < -0.3 is 0 Å². The van der Waals surface area contributed by atoms with Crippen molar-refractivity contribution < 1.29 is 0 Å². The van der Waals surface area contributed by atoms with Gasteiger partial charge in [0.25, 0.3) is 0 Å². The Balaban J connectivity index is 2.63. The monoisotopic (exact) mass is 149 g/mol. The van der Waals surface area contributed by atoms with Gasteiger partial charge >= 0.3 is 0 Å². The van der Waals surface area contributed by atoms with Gasteiger partial charge in [0.15, 0.2) is 0 Å². The normalized spacial score (nSPS) is 10.0. The molecule has 1 atom stereocenters. The van der Waals surface area contributed by atoms with Crippen molar-refractivity contribution in [3.05, 3.63) is 6.92 Å². The minimum atomic E-state index is 0.601. The SMILES string of the molecule is [CH2]C(C)CCBr. The molecule has 0 aromatic rings. The van der Waals surface area contributed by atoms with Crippen LogP contribution in [0.3, 0.4) is 0 Å². The van der Waals surface area contributed by atoms with Gasteiger partial charge in [-0.1, -0.05) is 29.8 Å². The lowest BCUT2D eigenvalue weighted by Crippen LogP contribution is -1.85. The summed E-state index contributed by atoms with van der Waals surface area (Å²) in [6.45, 7) is 5.91. The minimum absolute atomic E-state index is 0.601. The van der Waals surface area contributed by atoms with E-state index in [0.29, 0.717) is 5.92 Å². The molecule has 0 aliphatic heterocycles. The average molecular weight is 150 g/mol. The molecule has 0 heterocycles. The first-order valence-electron chi connectivity index (χ1n) is 2.16. The molecular weight excluding hydrogens is 140 g/mol. The Hall–Kier alpha value is 0.480. The highest BCUT2D eigenvalue weighted by Crippen LogP contribution is 1.99. The summed E-state index contributed by atoms with van der Waals surface area (Å²) in [6, 6.07) is 0. The predicted octanol–water partition coefficient (Wildman–Crippen LogP) is 2.24. The average Bonchev–Trinajstić information content (AvgIpc) is 1.35. The van der Waals surface area contributed by atoms with E-state index in [1.807, 2.05) is 0 Å². The third kappa shape index (κ3) is 4.48. The summed E-state index contributed by atoms with van der Waals surface area (Å²) in [7, 11) is 0. The number of alkyl halides is 1. The van der Waals surface area contributed by atoms with Crippen LogP contribution in [0.2, 0.25) is 0 Å². The first-order valence-corrected chi connectivity index (χ1v) is 3.28. The molecule has 1 radical (unpaired) electrons. The summed E-state index contributed by atoms with van der Waals surface area (Å²) < 4.78 is 0. The van der Waals surface area contributed by atoms with Crippen LogP contribution in [0.5, 0.6) is 0 Å². The first kappa shape index (κ1) is 6.48. The van der Waals surface area contributed by atoms with Gasteiger partial charge in [-0.05, 0) is 12.3 Å². The first-order chi connectivity index (χ1) is 2.77. The van der Waals surface area contributed by atoms with E-state index in [9.17, 15) is 0 Å². The van der Waals surface area contributed by atoms with E-state index < -0.39 is 0 Å². The summed E-state index contributed by atoms with van der Waals surface area (Å²) in [4.78, 5) is 0. The van der Waals surface area contributed by atoms with Crippen molar-refractivity contribution in [2.45, 2.75) is 13.3 Å². The molecule has 0 aromatic carbocycles. The van der Waals surface area contributed by atoms with Crippen molar-refractivity contribution in [3.63, 3.8) is 0 Å². The Morgan fingerprint density at radius 1 is 1.83 bits per heavy atom. The van der Waals surface area contributed by atoms with Gasteiger partial charge in [-0.3, -0.25) is 0 Å². The molecular formula is C5H10Br. The molecule has 0 aliphatic rings. The lowest BCUT2D eigenvalue weighted by atomic mass is 10.2. The predicted molar refractivity (Wildman–Crippen MR) is 32.9 cm³/mol. The summed E-state index contributed by atoms with van der Waals surface area (Å²) in [6.07, 6.45) is 1.18. The van der Waals surface area contributed by atoms with Crippen LogP contribution in [-0.4, -0.2) is 5.33 Å². The Morgan fingerprint density at radius 3 is 2.33 bits per heavy atom. The fourth-order valence-electron chi connectivity index (χ4n) is 0.186. The molecule has 0 fully saturated rings. The maximum Gasteiger partial charge on any atom is 0.00338 e. The maximum absolute atomic E-state index is 3.80. The molecule has 1 unspecified atom stereocenters.